The van der Waals surface area contributed by atoms with Crippen LogP contribution < -0.4 is 4.90 Å². The van der Waals surface area contributed by atoms with Crippen molar-refractivity contribution in [1.82, 2.24) is 15.0 Å². The quantitative estimate of drug-likeness (QED) is 0.780. The number of H-pyrrole nitrogens is 1. The zero-order valence-electron chi connectivity index (χ0n) is 13.2. The Balaban J connectivity index is 2.18. The van der Waals surface area contributed by atoms with Gasteiger partial charge < -0.3 is 9.88 Å². The molecule has 0 aliphatic carbocycles. The van der Waals surface area contributed by atoms with Crippen molar-refractivity contribution >= 4 is 17.0 Å². The van der Waals surface area contributed by atoms with Crippen LogP contribution in [0.3, 0.4) is 0 Å². The largest absolute Gasteiger partial charge is 0.363 e. The molecule has 0 saturated heterocycles. The number of rotatable bonds is 2. The van der Waals surface area contributed by atoms with Crippen molar-refractivity contribution in [2.24, 2.45) is 0 Å². The molecule has 3 aromatic rings. The summed E-state index contributed by atoms with van der Waals surface area (Å²) in [5, 5.41) is 0. The molecule has 0 atom stereocenters. The number of pyridine rings is 1. The van der Waals surface area contributed by atoms with Gasteiger partial charge in [0.25, 0.3) is 0 Å². The van der Waals surface area contributed by atoms with Crippen LogP contribution in [0, 0.1) is 20.8 Å². The molecular weight excluding hydrogens is 260 g/mol. The third kappa shape index (κ3) is 2.37. The summed E-state index contributed by atoms with van der Waals surface area (Å²) in [6.07, 6.45) is 0. The topological polar surface area (TPSA) is 44.8 Å². The van der Waals surface area contributed by atoms with Crippen molar-refractivity contribution in [3.05, 3.63) is 41.0 Å². The molecule has 2 aromatic heterocycles. The number of nitrogens with one attached hydrogen (secondary N) is 1. The molecule has 1 aromatic carbocycles. The molecule has 0 aliphatic rings. The standard InChI is InChI=1S/C17H20N4/c1-10-8-11(2)15(12(3)9-10)17-18-13-6-7-14(21(4)5)19-16(13)20-17/h6-9H,1-5H3,(H,18,19,20). The van der Waals surface area contributed by atoms with Crippen LogP contribution in [-0.4, -0.2) is 29.0 Å². The van der Waals surface area contributed by atoms with Crippen LogP contribution in [0.2, 0.25) is 0 Å². The van der Waals surface area contributed by atoms with E-state index in [2.05, 4.69) is 47.9 Å². The van der Waals surface area contributed by atoms with Gasteiger partial charge in [-0.2, -0.15) is 0 Å². The Bertz CT molecular complexity index is 792. The van der Waals surface area contributed by atoms with E-state index in [4.69, 9.17) is 0 Å². The van der Waals surface area contributed by atoms with Crippen molar-refractivity contribution in [3.8, 4) is 11.4 Å². The predicted octanol–water partition coefficient (Wildman–Crippen LogP) is 3.62. The van der Waals surface area contributed by atoms with Crippen molar-refractivity contribution in [1.29, 1.82) is 0 Å². The Hall–Kier alpha value is -2.36. The third-order valence-electron chi connectivity index (χ3n) is 3.70. The van der Waals surface area contributed by atoms with Gasteiger partial charge in [0, 0.05) is 19.7 Å². The summed E-state index contributed by atoms with van der Waals surface area (Å²) in [6, 6.07) is 8.41. The molecule has 2 heterocycles. The van der Waals surface area contributed by atoms with E-state index in [1.165, 1.54) is 22.3 Å². The van der Waals surface area contributed by atoms with Gasteiger partial charge >= 0.3 is 0 Å². The minimum Gasteiger partial charge on any atom is -0.363 e. The second-order valence-corrected chi connectivity index (χ2v) is 5.79. The first kappa shape index (κ1) is 13.6. The molecule has 4 heteroatoms. The Labute approximate surface area is 124 Å². The molecule has 0 fully saturated rings. The Morgan fingerprint density at radius 1 is 0.952 bits per heavy atom. The summed E-state index contributed by atoms with van der Waals surface area (Å²) in [5.74, 6) is 1.81. The lowest BCUT2D eigenvalue weighted by Crippen LogP contribution is -2.10. The zero-order valence-corrected chi connectivity index (χ0v) is 13.2. The fourth-order valence-corrected chi connectivity index (χ4v) is 2.80. The molecule has 108 valence electrons. The maximum Gasteiger partial charge on any atom is 0.180 e. The number of aromatic nitrogens is 3. The van der Waals surface area contributed by atoms with Crippen molar-refractivity contribution < 1.29 is 0 Å². The summed E-state index contributed by atoms with van der Waals surface area (Å²) >= 11 is 0. The highest BCUT2D eigenvalue weighted by molar-refractivity contribution is 5.79. The Morgan fingerprint density at radius 2 is 1.62 bits per heavy atom. The lowest BCUT2D eigenvalue weighted by atomic mass is 9.99. The lowest BCUT2D eigenvalue weighted by molar-refractivity contribution is 1.08. The normalized spacial score (nSPS) is 11.1. The van der Waals surface area contributed by atoms with Gasteiger partial charge in [-0.15, -0.1) is 0 Å². The summed E-state index contributed by atoms with van der Waals surface area (Å²) in [6.45, 7) is 6.37. The molecule has 0 bridgehead atoms. The van der Waals surface area contributed by atoms with Gasteiger partial charge in [-0.25, -0.2) is 9.97 Å². The molecule has 0 amide bonds. The number of nitrogens with zero attached hydrogens (tertiary/aromatic N) is 3. The molecule has 0 spiro atoms. The van der Waals surface area contributed by atoms with Crippen LogP contribution in [0.5, 0.6) is 0 Å². The van der Waals surface area contributed by atoms with E-state index in [0.717, 1.165) is 22.8 Å². The Kier molecular flexibility index (Phi) is 3.16. The average Bonchev–Trinajstić information content (AvgIpc) is 2.79. The molecule has 3 rings (SSSR count). The van der Waals surface area contributed by atoms with Gasteiger partial charge in [0.05, 0.1) is 5.52 Å². The highest BCUT2D eigenvalue weighted by Gasteiger charge is 2.12. The fraction of sp³-hybridized carbons (Fsp3) is 0.294. The SMILES string of the molecule is Cc1cc(C)c(-c2nc3nc(N(C)C)ccc3[nH]2)c(C)c1. The first-order chi connectivity index (χ1) is 9.95. The van der Waals surface area contributed by atoms with Crippen LogP contribution in [0.25, 0.3) is 22.6 Å². The highest BCUT2D eigenvalue weighted by Crippen LogP contribution is 2.28. The second kappa shape index (κ2) is 4.88. The van der Waals surface area contributed by atoms with E-state index in [1.807, 2.05) is 31.1 Å². The fourth-order valence-electron chi connectivity index (χ4n) is 2.80. The lowest BCUT2D eigenvalue weighted by Gasteiger charge is -2.09. The number of fused-ring (bicyclic) bond motifs is 1. The first-order valence-corrected chi connectivity index (χ1v) is 7.08. The zero-order chi connectivity index (χ0) is 15.1. The summed E-state index contributed by atoms with van der Waals surface area (Å²) < 4.78 is 0. The van der Waals surface area contributed by atoms with Crippen LogP contribution in [-0.2, 0) is 0 Å². The van der Waals surface area contributed by atoms with E-state index in [0.29, 0.717) is 0 Å². The number of aromatic amines is 1. The summed E-state index contributed by atoms with van der Waals surface area (Å²) in [4.78, 5) is 14.6. The van der Waals surface area contributed by atoms with Crippen molar-refractivity contribution in [2.45, 2.75) is 20.8 Å². The molecule has 0 unspecified atom stereocenters. The van der Waals surface area contributed by atoms with Gasteiger partial charge in [0.1, 0.15) is 11.6 Å². The molecule has 1 N–H and O–H groups in total. The number of aryl methyl sites for hydroxylation is 3. The Morgan fingerprint density at radius 3 is 2.24 bits per heavy atom. The van der Waals surface area contributed by atoms with E-state index >= 15 is 0 Å². The first-order valence-electron chi connectivity index (χ1n) is 7.08. The summed E-state index contributed by atoms with van der Waals surface area (Å²) in [5.41, 5.74) is 6.65. The van der Waals surface area contributed by atoms with E-state index in [1.54, 1.807) is 0 Å². The van der Waals surface area contributed by atoms with Gasteiger partial charge in [0.15, 0.2) is 5.65 Å². The van der Waals surface area contributed by atoms with Crippen LogP contribution in [0.1, 0.15) is 16.7 Å². The number of imidazole rings is 1. The number of hydrogen-bond donors (Lipinski definition) is 1. The van der Waals surface area contributed by atoms with Crippen LogP contribution in [0.4, 0.5) is 5.82 Å². The van der Waals surface area contributed by atoms with E-state index in [9.17, 15) is 0 Å². The van der Waals surface area contributed by atoms with Gasteiger partial charge in [-0.05, 0) is 44.0 Å². The average molecular weight is 280 g/mol. The molecule has 4 nitrogen and oxygen atoms in total. The minimum absolute atomic E-state index is 0.760. The molecule has 0 saturated carbocycles. The van der Waals surface area contributed by atoms with Gasteiger partial charge in [-0.1, -0.05) is 17.7 Å². The van der Waals surface area contributed by atoms with E-state index < -0.39 is 0 Å². The van der Waals surface area contributed by atoms with Gasteiger partial charge in [-0.3, -0.25) is 0 Å². The third-order valence-corrected chi connectivity index (χ3v) is 3.70. The predicted molar refractivity (Wildman–Crippen MR) is 87.9 cm³/mol. The summed E-state index contributed by atoms with van der Waals surface area (Å²) in [7, 11) is 3.96. The monoisotopic (exact) mass is 280 g/mol. The molecule has 0 aliphatic heterocycles. The minimum atomic E-state index is 0.760. The maximum atomic E-state index is 4.68. The maximum absolute atomic E-state index is 4.68. The smallest absolute Gasteiger partial charge is 0.180 e. The molecule has 0 radical (unpaired) electrons. The number of benzene rings is 1. The van der Waals surface area contributed by atoms with Crippen LogP contribution >= 0.6 is 0 Å². The molecular formula is C17H20N4. The highest BCUT2D eigenvalue weighted by atomic mass is 15.1. The second-order valence-electron chi connectivity index (χ2n) is 5.79. The van der Waals surface area contributed by atoms with Crippen molar-refractivity contribution in [3.63, 3.8) is 0 Å². The van der Waals surface area contributed by atoms with E-state index in [-0.39, 0.29) is 0 Å². The number of anilines is 1. The van der Waals surface area contributed by atoms with Gasteiger partial charge in [0.2, 0.25) is 0 Å². The van der Waals surface area contributed by atoms with Crippen molar-refractivity contribution in [2.75, 3.05) is 19.0 Å². The molecule has 21 heavy (non-hydrogen) atoms. The van der Waals surface area contributed by atoms with Crippen LogP contribution in [0.15, 0.2) is 24.3 Å². The number of hydrogen-bond acceptors (Lipinski definition) is 3.